The van der Waals surface area contributed by atoms with E-state index in [1.807, 2.05) is 0 Å². The van der Waals surface area contributed by atoms with Crippen molar-refractivity contribution in [1.29, 1.82) is 0 Å². The second-order valence-electron chi connectivity index (χ2n) is 4.45. The first kappa shape index (κ1) is 10.0. The third kappa shape index (κ3) is 2.48. The van der Waals surface area contributed by atoms with Crippen LogP contribution in [0, 0.1) is 5.92 Å². The summed E-state index contributed by atoms with van der Waals surface area (Å²) in [7, 11) is 0. The Morgan fingerprint density at radius 1 is 1.25 bits per heavy atom. The molecule has 0 radical (unpaired) electrons. The minimum Gasteiger partial charge on any atom is -0.311 e. The molecular formula is C11H23N. The van der Waals surface area contributed by atoms with Crippen LogP contribution in [0.25, 0.3) is 0 Å². The predicted molar refractivity (Wildman–Crippen MR) is 54.3 cm³/mol. The van der Waals surface area contributed by atoms with Crippen LogP contribution in [0.15, 0.2) is 0 Å². The van der Waals surface area contributed by atoms with Gasteiger partial charge in [-0.25, -0.2) is 0 Å². The topological polar surface area (TPSA) is 12.0 Å². The maximum atomic E-state index is 3.70. The zero-order valence-corrected chi connectivity index (χ0v) is 8.82. The first-order chi connectivity index (χ1) is 5.70. The molecule has 0 heterocycles. The molecule has 12 heavy (non-hydrogen) atoms. The molecule has 72 valence electrons. The van der Waals surface area contributed by atoms with Crippen molar-refractivity contribution in [2.75, 3.05) is 6.54 Å². The molecule has 1 rings (SSSR count). The van der Waals surface area contributed by atoms with Gasteiger partial charge in [0, 0.05) is 5.54 Å². The van der Waals surface area contributed by atoms with Gasteiger partial charge in [-0.3, -0.25) is 0 Å². The molecule has 1 aliphatic rings. The smallest absolute Gasteiger partial charge is 0.0148 e. The van der Waals surface area contributed by atoms with E-state index in [0.29, 0.717) is 5.54 Å². The van der Waals surface area contributed by atoms with Crippen molar-refractivity contribution in [2.45, 2.75) is 58.4 Å². The Balaban J connectivity index is 2.17. The fourth-order valence-corrected chi connectivity index (χ4v) is 1.59. The first-order valence-corrected chi connectivity index (χ1v) is 5.45. The molecule has 0 unspecified atom stereocenters. The molecule has 1 nitrogen and oxygen atoms in total. The SMILES string of the molecule is CCC(C)(CC)NCC1CCC1. The van der Waals surface area contributed by atoms with Crippen molar-refractivity contribution >= 4 is 0 Å². The van der Waals surface area contributed by atoms with Crippen LogP contribution in [0.3, 0.4) is 0 Å². The Morgan fingerprint density at radius 2 is 1.83 bits per heavy atom. The standard InChI is InChI=1S/C11H23N/c1-4-11(3,5-2)12-9-10-7-6-8-10/h10,12H,4-9H2,1-3H3. The summed E-state index contributed by atoms with van der Waals surface area (Å²) >= 11 is 0. The number of rotatable bonds is 5. The van der Waals surface area contributed by atoms with Crippen molar-refractivity contribution in [2.24, 2.45) is 5.92 Å². The highest BCUT2D eigenvalue weighted by Gasteiger charge is 2.23. The van der Waals surface area contributed by atoms with E-state index in [4.69, 9.17) is 0 Å². The van der Waals surface area contributed by atoms with E-state index >= 15 is 0 Å². The average molecular weight is 169 g/mol. The van der Waals surface area contributed by atoms with Gasteiger partial charge in [-0.15, -0.1) is 0 Å². The van der Waals surface area contributed by atoms with Gasteiger partial charge in [0.2, 0.25) is 0 Å². The van der Waals surface area contributed by atoms with E-state index < -0.39 is 0 Å². The molecule has 1 saturated carbocycles. The second-order valence-corrected chi connectivity index (χ2v) is 4.45. The van der Waals surface area contributed by atoms with Gasteiger partial charge in [-0.1, -0.05) is 20.3 Å². The molecule has 1 fully saturated rings. The van der Waals surface area contributed by atoms with Gasteiger partial charge in [0.25, 0.3) is 0 Å². The van der Waals surface area contributed by atoms with Crippen molar-refractivity contribution in [3.63, 3.8) is 0 Å². The van der Waals surface area contributed by atoms with Crippen LogP contribution >= 0.6 is 0 Å². The van der Waals surface area contributed by atoms with Gasteiger partial charge in [-0.05, 0) is 45.1 Å². The highest BCUT2D eigenvalue weighted by atomic mass is 15.0. The molecule has 1 heteroatoms. The van der Waals surface area contributed by atoms with Crippen molar-refractivity contribution in [3.8, 4) is 0 Å². The second kappa shape index (κ2) is 4.27. The third-order valence-electron chi connectivity index (χ3n) is 3.60. The van der Waals surface area contributed by atoms with Crippen LogP contribution < -0.4 is 5.32 Å². The third-order valence-corrected chi connectivity index (χ3v) is 3.60. The molecule has 0 atom stereocenters. The number of nitrogens with one attached hydrogen (secondary N) is 1. The van der Waals surface area contributed by atoms with Gasteiger partial charge in [0.05, 0.1) is 0 Å². The molecule has 0 bridgehead atoms. The Kier molecular flexibility index (Phi) is 3.57. The average Bonchev–Trinajstić information content (AvgIpc) is 2.01. The zero-order chi connectivity index (χ0) is 9.03. The minimum absolute atomic E-state index is 0.398. The summed E-state index contributed by atoms with van der Waals surface area (Å²) in [4.78, 5) is 0. The number of hydrogen-bond acceptors (Lipinski definition) is 1. The molecule has 0 aromatic carbocycles. The lowest BCUT2D eigenvalue weighted by Crippen LogP contribution is -2.44. The summed E-state index contributed by atoms with van der Waals surface area (Å²) in [5.41, 5.74) is 0.398. The minimum atomic E-state index is 0.398. The van der Waals surface area contributed by atoms with Crippen molar-refractivity contribution in [3.05, 3.63) is 0 Å². The maximum Gasteiger partial charge on any atom is 0.0148 e. The van der Waals surface area contributed by atoms with Crippen LogP contribution in [0.1, 0.15) is 52.9 Å². The molecule has 0 saturated heterocycles. The summed E-state index contributed by atoms with van der Waals surface area (Å²) in [5, 5.41) is 3.70. The van der Waals surface area contributed by atoms with Gasteiger partial charge < -0.3 is 5.32 Å². The fourth-order valence-electron chi connectivity index (χ4n) is 1.59. The lowest BCUT2D eigenvalue weighted by Gasteiger charge is -2.33. The van der Waals surface area contributed by atoms with Crippen LogP contribution in [0.5, 0.6) is 0 Å². The predicted octanol–water partition coefficient (Wildman–Crippen LogP) is 2.95. The van der Waals surface area contributed by atoms with Gasteiger partial charge >= 0.3 is 0 Å². The van der Waals surface area contributed by atoms with E-state index in [-0.39, 0.29) is 0 Å². The molecular weight excluding hydrogens is 146 g/mol. The van der Waals surface area contributed by atoms with Crippen LogP contribution in [0.2, 0.25) is 0 Å². The van der Waals surface area contributed by atoms with E-state index in [2.05, 4.69) is 26.1 Å². The Bertz CT molecular complexity index is 123. The number of hydrogen-bond donors (Lipinski definition) is 1. The molecule has 0 aromatic heterocycles. The Labute approximate surface area is 76.9 Å². The maximum absolute atomic E-state index is 3.70. The molecule has 1 N–H and O–H groups in total. The van der Waals surface area contributed by atoms with E-state index in [9.17, 15) is 0 Å². The zero-order valence-electron chi connectivity index (χ0n) is 8.82. The van der Waals surface area contributed by atoms with Crippen molar-refractivity contribution < 1.29 is 0 Å². The van der Waals surface area contributed by atoms with Crippen LogP contribution in [-0.4, -0.2) is 12.1 Å². The largest absolute Gasteiger partial charge is 0.311 e. The molecule has 0 aliphatic heterocycles. The summed E-state index contributed by atoms with van der Waals surface area (Å²) in [5.74, 6) is 0.988. The van der Waals surface area contributed by atoms with E-state index in [1.165, 1.54) is 38.6 Å². The fraction of sp³-hybridized carbons (Fsp3) is 1.00. The van der Waals surface area contributed by atoms with E-state index in [1.54, 1.807) is 0 Å². The van der Waals surface area contributed by atoms with Crippen LogP contribution in [0.4, 0.5) is 0 Å². The summed E-state index contributed by atoms with van der Waals surface area (Å²) in [6, 6.07) is 0. The lowest BCUT2D eigenvalue weighted by molar-refractivity contribution is 0.245. The Hall–Kier alpha value is -0.0400. The lowest BCUT2D eigenvalue weighted by atomic mass is 9.84. The van der Waals surface area contributed by atoms with Gasteiger partial charge in [0.15, 0.2) is 0 Å². The van der Waals surface area contributed by atoms with E-state index in [0.717, 1.165) is 5.92 Å². The normalized spacial score (nSPS) is 19.2. The Morgan fingerprint density at radius 3 is 2.17 bits per heavy atom. The van der Waals surface area contributed by atoms with Gasteiger partial charge in [-0.2, -0.15) is 0 Å². The quantitative estimate of drug-likeness (QED) is 0.667. The molecule has 1 aliphatic carbocycles. The first-order valence-electron chi connectivity index (χ1n) is 5.45. The highest BCUT2D eigenvalue weighted by molar-refractivity contribution is 4.82. The highest BCUT2D eigenvalue weighted by Crippen LogP contribution is 2.26. The molecule has 0 spiro atoms. The monoisotopic (exact) mass is 169 g/mol. The van der Waals surface area contributed by atoms with Crippen molar-refractivity contribution in [1.82, 2.24) is 5.32 Å². The summed E-state index contributed by atoms with van der Waals surface area (Å²) in [6.45, 7) is 8.14. The van der Waals surface area contributed by atoms with Gasteiger partial charge in [0.1, 0.15) is 0 Å². The van der Waals surface area contributed by atoms with Crippen LogP contribution in [-0.2, 0) is 0 Å². The summed E-state index contributed by atoms with van der Waals surface area (Å²) in [6.07, 6.45) is 6.86. The molecule has 0 aromatic rings. The molecule has 0 amide bonds. The summed E-state index contributed by atoms with van der Waals surface area (Å²) < 4.78 is 0.